The van der Waals surface area contributed by atoms with Crippen LogP contribution in [0.5, 0.6) is 0 Å². The van der Waals surface area contributed by atoms with Crippen LogP contribution in [-0.2, 0) is 4.74 Å². The lowest BCUT2D eigenvalue weighted by atomic mass is 10.1. The fourth-order valence-corrected chi connectivity index (χ4v) is 2.32. The zero-order chi connectivity index (χ0) is 14.9. The summed E-state index contributed by atoms with van der Waals surface area (Å²) in [7, 11) is 0. The summed E-state index contributed by atoms with van der Waals surface area (Å²) in [5, 5.41) is 3.32. The van der Waals surface area contributed by atoms with E-state index in [2.05, 4.69) is 19.2 Å². The molecule has 0 aliphatic carbocycles. The molecule has 3 heteroatoms. The number of hydrogen-bond acceptors (Lipinski definition) is 3. The largest absolute Gasteiger partial charge is 0.364 e. The van der Waals surface area contributed by atoms with Gasteiger partial charge in [0.1, 0.15) is 6.23 Å². The van der Waals surface area contributed by atoms with Gasteiger partial charge in [-0.3, -0.25) is 5.32 Å². The first-order valence-electron chi connectivity index (χ1n) is 8.86. The highest BCUT2D eigenvalue weighted by Gasteiger charge is 1.99. The van der Waals surface area contributed by atoms with E-state index in [1.165, 1.54) is 64.2 Å². The van der Waals surface area contributed by atoms with E-state index >= 15 is 0 Å². The van der Waals surface area contributed by atoms with Crippen LogP contribution in [0.1, 0.15) is 84.5 Å². The monoisotopic (exact) mass is 286 g/mol. The van der Waals surface area contributed by atoms with Crippen molar-refractivity contribution in [3.05, 3.63) is 0 Å². The molecule has 20 heavy (non-hydrogen) atoms. The van der Waals surface area contributed by atoms with Crippen molar-refractivity contribution in [1.29, 1.82) is 0 Å². The van der Waals surface area contributed by atoms with Gasteiger partial charge in [0.2, 0.25) is 0 Å². The third kappa shape index (κ3) is 15.9. The van der Waals surface area contributed by atoms with E-state index in [1.54, 1.807) is 0 Å². The molecule has 1 unspecified atom stereocenters. The van der Waals surface area contributed by atoms with E-state index in [1.807, 2.05) is 0 Å². The first-order valence-corrected chi connectivity index (χ1v) is 8.86. The van der Waals surface area contributed by atoms with Gasteiger partial charge in [0.15, 0.2) is 0 Å². The zero-order valence-electron chi connectivity index (χ0n) is 14.0. The van der Waals surface area contributed by atoms with Crippen molar-refractivity contribution in [2.75, 3.05) is 19.7 Å². The molecular weight excluding hydrogens is 248 g/mol. The van der Waals surface area contributed by atoms with E-state index in [4.69, 9.17) is 10.5 Å². The van der Waals surface area contributed by atoms with Gasteiger partial charge in [0, 0.05) is 6.61 Å². The first kappa shape index (κ1) is 19.9. The van der Waals surface area contributed by atoms with Gasteiger partial charge in [-0.15, -0.1) is 0 Å². The molecule has 0 aromatic heterocycles. The fourth-order valence-electron chi connectivity index (χ4n) is 2.32. The van der Waals surface area contributed by atoms with Gasteiger partial charge in [0.05, 0.1) is 0 Å². The lowest BCUT2D eigenvalue weighted by Gasteiger charge is -2.14. The van der Waals surface area contributed by atoms with Crippen molar-refractivity contribution in [2.45, 2.75) is 90.7 Å². The topological polar surface area (TPSA) is 47.3 Å². The lowest BCUT2D eigenvalue weighted by molar-refractivity contribution is 0.0404. The number of unbranched alkanes of at least 4 members (excludes halogenated alkanes) is 9. The van der Waals surface area contributed by atoms with E-state index in [0.717, 1.165) is 26.1 Å². The molecule has 1 atom stereocenters. The Morgan fingerprint density at radius 3 is 1.95 bits per heavy atom. The minimum atomic E-state index is 0.167. The van der Waals surface area contributed by atoms with Crippen molar-refractivity contribution in [2.24, 2.45) is 5.73 Å². The molecule has 0 saturated heterocycles. The molecule has 122 valence electrons. The maximum atomic E-state index is 5.71. The second-order valence-electron chi connectivity index (χ2n) is 5.79. The molecule has 0 amide bonds. The Labute approximate surface area is 127 Å². The summed E-state index contributed by atoms with van der Waals surface area (Å²) in [6.45, 7) is 6.94. The van der Waals surface area contributed by atoms with Crippen LogP contribution in [0.3, 0.4) is 0 Å². The van der Waals surface area contributed by atoms with Crippen LogP contribution in [0.4, 0.5) is 0 Å². The van der Waals surface area contributed by atoms with Crippen LogP contribution in [-0.4, -0.2) is 25.9 Å². The molecule has 0 heterocycles. The highest BCUT2D eigenvalue weighted by atomic mass is 16.5. The number of ether oxygens (including phenoxy) is 1. The summed E-state index contributed by atoms with van der Waals surface area (Å²) in [5.74, 6) is 0. The van der Waals surface area contributed by atoms with Gasteiger partial charge in [-0.1, -0.05) is 64.7 Å². The van der Waals surface area contributed by atoms with Gasteiger partial charge in [-0.2, -0.15) is 0 Å². The average Bonchev–Trinajstić information content (AvgIpc) is 2.45. The van der Waals surface area contributed by atoms with E-state index < -0.39 is 0 Å². The molecule has 0 aromatic rings. The maximum Gasteiger partial charge on any atom is 0.105 e. The molecule has 0 aliphatic rings. The van der Waals surface area contributed by atoms with Crippen LogP contribution in [0.25, 0.3) is 0 Å². The quantitative estimate of drug-likeness (QED) is 0.330. The van der Waals surface area contributed by atoms with E-state index in [0.29, 0.717) is 0 Å². The molecule has 3 N–H and O–H groups in total. The Kier molecular flexibility index (Phi) is 16.8. The van der Waals surface area contributed by atoms with Gasteiger partial charge in [0.25, 0.3) is 0 Å². The number of rotatable bonds is 16. The molecule has 0 aromatic carbocycles. The fraction of sp³-hybridized carbons (Fsp3) is 1.00. The smallest absolute Gasteiger partial charge is 0.105 e. The van der Waals surface area contributed by atoms with Crippen LogP contribution >= 0.6 is 0 Å². The standard InChI is InChI=1S/C17H38N2O/c1-3-4-5-6-7-8-9-10-11-12-16-20-17(2)19-15-13-14-18/h17,19H,3-16,18H2,1-2H3. The van der Waals surface area contributed by atoms with Crippen LogP contribution in [0.15, 0.2) is 0 Å². The second kappa shape index (κ2) is 16.9. The van der Waals surface area contributed by atoms with E-state index in [-0.39, 0.29) is 6.23 Å². The van der Waals surface area contributed by atoms with Crippen molar-refractivity contribution in [3.63, 3.8) is 0 Å². The lowest BCUT2D eigenvalue weighted by Crippen LogP contribution is -2.30. The minimum absolute atomic E-state index is 0.167. The highest BCUT2D eigenvalue weighted by Crippen LogP contribution is 2.10. The highest BCUT2D eigenvalue weighted by molar-refractivity contribution is 4.51. The predicted octanol–water partition coefficient (Wildman–Crippen LogP) is 4.21. The number of hydrogen-bond donors (Lipinski definition) is 2. The van der Waals surface area contributed by atoms with Crippen molar-refractivity contribution in [3.8, 4) is 0 Å². The third-order valence-electron chi connectivity index (χ3n) is 3.68. The summed E-state index contributed by atoms with van der Waals surface area (Å²) in [6.07, 6.45) is 14.9. The van der Waals surface area contributed by atoms with Crippen LogP contribution < -0.4 is 11.1 Å². The summed E-state index contributed by atoms with van der Waals surface area (Å²) >= 11 is 0. The second-order valence-corrected chi connectivity index (χ2v) is 5.79. The molecule has 0 radical (unpaired) electrons. The Bertz CT molecular complexity index is 176. The van der Waals surface area contributed by atoms with E-state index in [9.17, 15) is 0 Å². The number of nitrogens with one attached hydrogen (secondary N) is 1. The third-order valence-corrected chi connectivity index (χ3v) is 3.68. The Hall–Kier alpha value is -0.120. The summed E-state index contributed by atoms with van der Waals surface area (Å²) in [4.78, 5) is 0. The van der Waals surface area contributed by atoms with Crippen LogP contribution in [0, 0.1) is 0 Å². The molecule has 0 saturated carbocycles. The molecule has 0 bridgehead atoms. The SMILES string of the molecule is CCCCCCCCCCCCOC(C)NCCCN. The summed E-state index contributed by atoms with van der Waals surface area (Å²) < 4.78 is 5.71. The Balaban J connectivity index is 3.05. The van der Waals surface area contributed by atoms with Gasteiger partial charge < -0.3 is 10.5 Å². The molecule has 0 rings (SSSR count). The van der Waals surface area contributed by atoms with Gasteiger partial charge in [-0.25, -0.2) is 0 Å². The Morgan fingerprint density at radius 1 is 0.850 bits per heavy atom. The normalized spacial score (nSPS) is 12.8. The molecule has 0 spiro atoms. The maximum absolute atomic E-state index is 5.71. The summed E-state index contributed by atoms with van der Waals surface area (Å²) in [5.41, 5.74) is 5.45. The Morgan fingerprint density at radius 2 is 1.40 bits per heavy atom. The molecule has 3 nitrogen and oxygen atoms in total. The van der Waals surface area contributed by atoms with Crippen LogP contribution in [0.2, 0.25) is 0 Å². The minimum Gasteiger partial charge on any atom is -0.364 e. The van der Waals surface area contributed by atoms with Crippen molar-refractivity contribution >= 4 is 0 Å². The zero-order valence-corrected chi connectivity index (χ0v) is 14.0. The molecular formula is C17H38N2O. The average molecular weight is 287 g/mol. The molecule has 0 fully saturated rings. The van der Waals surface area contributed by atoms with Crippen molar-refractivity contribution < 1.29 is 4.74 Å². The summed E-state index contributed by atoms with van der Waals surface area (Å²) in [6, 6.07) is 0. The van der Waals surface area contributed by atoms with Gasteiger partial charge in [-0.05, 0) is 32.9 Å². The molecule has 0 aliphatic heterocycles. The predicted molar refractivity (Wildman–Crippen MR) is 88.9 cm³/mol. The van der Waals surface area contributed by atoms with Gasteiger partial charge >= 0.3 is 0 Å². The first-order chi connectivity index (χ1) is 9.81. The number of nitrogens with two attached hydrogens (primary N) is 1. The van der Waals surface area contributed by atoms with Crippen molar-refractivity contribution in [1.82, 2.24) is 5.32 Å².